The van der Waals surface area contributed by atoms with Crippen molar-refractivity contribution in [3.8, 4) is 0 Å². The van der Waals surface area contributed by atoms with Gasteiger partial charge in [-0.25, -0.2) is 0 Å². The molecule has 1 amide bonds. The van der Waals surface area contributed by atoms with Gasteiger partial charge in [0, 0.05) is 17.0 Å². The molecule has 0 saturated heterocycles. The molecule has 1 aromatic rings. The predicted octanol–water partition coefficient (Wildman–Crippen LogP) is 1.68. The Hall–Kier alpha value is -0.870. The second kappa shape index (κ2) is 5.46. The third kappa shape index (κ3) is 3.06. The van der Waals surface area contributed by atoms with E-state index in [1.807, 2.05) is 17.5 Å². The van der Waals surface area contributed by atoms with Gasteiger partial charge in [0.1, 0.15) is 0 Å². The van der Waals surface area contributed by atoms with Crippen LogP contribution >= 0.6 is 11.3 Å². The van der Waals surface area contributed by atoms with Crippen molar-refractivity contribution in [3.63, 3.8) is 0 Å². The van der Waals surface area contributed by atoms with Crippen LogP contribution in [0.25, 0.3) is 0 Å². The lowest BCUT2D eigenvalue weighted by molar-refractivity contribution is -0.121. The summed E-state index contributed by atoms with van der Waals surface area (Å²) in [6.45, 7) is 0. The van der Waals surface area contributed by atoms with E-state index in [2.05, 4.69) is 5.32 Å². The summed E-state index contributed by atoms with van der Waals surface area (Å²) in [6, 6.07) is 4.28. The molecule has 0 radical (unpaired) electrons. The molecule has 1 aliphatic carbocycles. The van der Waals surface area contributed by atoms with E-state index in [4.69, 9.17) is 5.73 Å². The van der Waals surface area contributed by atoms with Crippen LogP contribution in [-0.2, 0) is 11.2 Å². The highest BCUT2D eigenvalue weighted by Crippen LogP contribution is 2.17. The van der Waals surface area contributed by atoms with E-state index in [9.17, 15) is 4.79 Å². The van der Waals surface area contributed by atoms with Gasteiger partial charge in [-0.15, -0.1) is 11.3 Å². The maximum absolute atomic E-state index is 11.8. The Labute approximate surface area is 100 Å². The van der Waals surface area contributed by atoms with E-state index < -0.39 is 0 Å². The molecule has 1 aromatic heterocycles. The first-order valence-corrected chi connectivity index (χ1v) is 6.71. The Balaban J connectivity index is 1.82. The van der Waals surface area contributed by atoms with Crippen molar-refractivity contribution in [1.82, 2.24) is 5.32 Å². The van der Waals surface area contributed by atoms with Crippen molar-refractivity contribution in [1.29, 1.82) is 0 Å². The number of hydrogen-bond donors (Lipinski definition) is 2. The van der Waals surface area contributed by atoms with Crippen molar-refractivity contribution in [3.05, 3.63) is 22.4 Å². The Bertz CT molecular complexity index is 337. The summed E-state index contributed by atoms with van der Waals surface area (Å²) in [7, 11) is 0. The molecule has 1 saturated carbocycles. The molecule has 88 valence electrons. The van der Waals surface area contributed by atoms with Crippen LogP contribution in [-0.4, -0.2) is 18.0 Å². The van der Waals surface area contributed by atoms with E-state index in [0.29, 0.717) is 6.42 Å². The molecule has 16 heavy (non-hydrogen) atoms. The zero-order valence-electron chi connectivity index (χ0n) is 9.32. The lowest BCUT2D eigenvalue weighted by Gasteiger charge is -2.29. The maximum Gasteiger partial charge on any atom is 0.225 e. The summed E-state index contributed by atoms with van der Waals surface area (Å²) >= 11 is 1.62. The molecule has 0 bridgehead atoms. The SMILES string of the molecule is N[C@@H]1CCCC[C@H]1NC(=O)Cc1cccs1. The minimum absolute atomic E-state index is 0.102. The predicted molar refractivity (Wildman–Crippen MR) is 66.4 cm³/mol. The van der Waals surface area contributed by atoms with Crippen LogP contribution < -0.4 is 11.1 Å². The van der Waals surface area contributed by atoms with Gasteiger partial charge in [0.15, 0.2) is 0 Å². The number of nitrogens with one attached hydrogen (secondary N) is 1. The molecule has 0 spiro atoms. The summed E-state index contributed by atoms with van der Waals surface area (Å²) in [5, 5.41) is 5.04. The summed E-state index contributed by atoms with van der Waals surface area (Å²) in [6.07, 6.45) is 4.91. The zero-order valence-corrected chi connectivity index (χ0v) is 10.1. The number of carbonyl (C=O) groups excluding carboxylic acids is 1. The highest BCUT2D eigenvalue weighted by Gasteiger charge is 2.23. The molecule has 2 rings (SSSR count). The maximum atomic E-state index is 11.8. The first-order valence-electron chi connectivity index (χ1n) is 5.83. The summed E-state index contributed by atoms with van der Waals surface area (Å²) in [5.74, 6) is 0.102. The molecule has 0 aliphatic heterocycles. The van der Waals surface area contributed by atoms with E-state index >= 15 is 0 Å². The largest absolute Gasteiger partial charge is 0.351 e. The van der Waals surface area contributed by atoms with E-state index in [0.717, 1.165) is 17.7 Å². The van der Waals surface area contributed by atoms with Gasteiger partial charge in [-0.1, -0.05) is 18.9 Å². The molecule has 0 unspecified atom stereocenters. The highest BCUT2D eigenvalue weighted by molar-refractivity contribution is 7.10. The fourth-order valence-electron chi connectivity index (χ4n) is 2.17. The molecule has 0 aromatic carbocycles. The summed E-state index contributed by atoms with van der Waals surface area (Å²) < 4.78 is 0. The van der Waals surface area contributed by atoms with Gasteiger partial charge in [-0.2, -0.15) is 0 Å². The monoisotopic (exact) mass is 238 g/mol. The first-order chi connectivity index (χ1) is 7.75. The lowest BCUT2D eigenvalue weighted by atomic mass is 9.91. The van der Waals surface area contributed by atoms with Crippen molar-refractivity contribution in [2.24, 2.45) is 5.73 Å². The quantitative estimate of drug-likeness (QED) is 0.841. The van der Waals surface area contributed by atoms with Crippen LogP contribution in [0.2, 0.25) is 0 Å². The minimum Gasteiger partial charge on any atom is -0.351 e. The molecule has 1 aliphatic rings. The van der Waals surface area contributed by atoms with Crippen LogP contribution in [0.4, 0.5) is 0 Å². The second-order valence-electron chi connectivity index (χ2n) is 4.38. The number of amides is 1. The fraction of sp³-hybridized carbons (Fsp3) is 0.583. The molecule has 1 heterocycles. The summed E-state index contributed by atoms with van der Waals surface area (Å²) in [5.41, 5.74) is 5.99. The number of rotatable bonds is 3. The Kier molecular flexibility index (Phi) is 3.96. The van der Waals surface area contributed by atoms with E-state index in [1.54, 1.807) is 11.3 Å². The molecule has 4 heteroatoms. The van der Waals surface area contributed by atoms with Crippen molar-refractivity contribution >= 4 is 17.2 Å². The molecular formula is C12H18N2OS. The number of nitrogens with two attached hydrogens (primary N) is 1. The van der Waals surface area contributed by atoms with Gasteiger partial charge >= 0.3 is 0 Å². The average molecular weight is 238 g/mol. The van der Waals surface area contributed by atoms with Gasteiger partial charge < -0.3 is 11.1 Å². The second-order valence-corrected chi connectivity index (χ2v) is 5.41. The van der Waals surface area contributed by atoms with Crippen molar-refractivity contribution in [2.45, 2.75) is 44.2 Å². The van der Waals surface area contributed by atoms with Gasteiger partial charge in [0.05, 0.1) is 6.42 Å². The topological polar surface area (TPSA) is 55.1 Å². The molecular weight excluding hydrogens is 220 g/mol. The van der Waals surface area contributed by atoms with Crippen LogP contribution in [0.1, 0.15) is 30.6 Å². The average Bonchev–Trinajstić information content (AvgIpc) is 2.74. The Morgan fingerprint density at radius 3 is 3.00 bits per heavy atom. The van der Waals surface area contributed by atoms with Crippen molar-refractivity contribution < 1.29 is 4.79 Å². The molecule has 1 fully saturated rings. The third-order valence-corrected chi connectivity index (χ3v) is 3.96. The fourth-order valence-corrected chi connectivity index (χ4v) is 2.87. The zero-order chi connectivity index (χ0) is 11.4. The van der Waals surface area contributed by atoms with Gasteiger partial charge in [-0.3, -0.25) is 4.79 Å². The highest BCUT2D eigenvalue weighted by atomic mass is 32.1. The van der Waals surface area contributed by atoms with Crippen LogP contribution in [0, 0.1) is 0 Å². The summed E-state index contributed by atoms with van der Waals surface area (Å²) in [4.78, 5) is 12.9. The van der Waals surface area contributed by atoms with Gasteiger partial charge in [-0.05, 0) is 24.3 Å². The standard InChI is InChI=1S/C12H18N2OS/c13-10-5-1-2-6-11(10)14-12(15)8-9-4-3-7-16-9/h3-4,7,10-11H,1-2,5-6,8,13H2,(H,14,15)/t10-,11-/m1/s1. The number of thiophene rings is 1. The third-order valence-electron chi connectivity index (χ3n) is 3.08. The molecule has 3 N–H and O–H groups in total. The Morgan fingerprint density at radius 1 is 1.50 bits per heavy atom. The van der Waals surface area contributed by atoms with Gasteiger partial charge in [0.2, 0.25) is 5.91 Å². The van der Waals surface area contributed by atoms with Crippen LogP contribution in [0.3, 0.4) is 0 Å². The molecule has 3 nitrogen and oxygen atoms in total. The van der Waals surface area contributed by atoms with Crippen LogP contribution in [0.15, 0.2) is 17.5 Å². The van der Waals surface area contributed by atoms with Gasteiger partial charge in [0.25, 0.3) is 0 Å². The normalized spacial score (nSPS) is 25.3. The van der Waals surface area contributed by atoms with E-state index in [-0.39, 0.29) is 18.0 Å². The van der Waals surface area contributed by atoms with Crippen LogP contribution in [0.5, 0.6) is 0 Å². The number of hydrogen-bond acceptors (Lipinski definition) is 3. The van der Waals surface area contributed by atoms with E-state index in [1.165, 1.54) is 12.8 Å². The number of carbonyl (C=O) groups is 1. The van der Waals surface area contributed by atoms with Crippen molar-refractivity contribution in [2.75, 3.05) is 0 Å². The Morgan fingerprint density at radius 2 is 2.31 bits per heavy atom. The lowest BCUT2D eigenvalue weighted by Crippen LogP contribution is -2.49. The smallest absolute Gasteiger partial charge is 0.225 e. The molecule has 2 atom stereocenters. The minimum atomic E-state index is 0.102. The first kappa shape index (κ1) is 11.6.